The molecule has 124 valence electrons. The van der Waals surface area contributed by atoms with Crippen molar-refractivity contribution in [3.8, 4) is 0 Å². The van der Waals surface area contributed by atoms with Gasteiger partial charge in [-0.05, 0) is 32.3 Å². The van der Waals surface area contributed by atoms with Gasteiger partial charge in [0.1, 0.15) is 5.69 Å². The number of ether oxygens (including phenoxy) is 1. The molecule has 1 heterocycles. The number of hydrogen-bond donors (Lipinski definition) is 3. The lowest BCUT2D eigenvalue weighted by Gasteiger charge is -2.29. The standard InChI is InChI=1S/C16H27N3O3/c1-16(8-9-20,11-22-2)17-15(21)14-10-13(18-19-14)12-6-4-3-5-7-12/h10,12,20H,3-9,11H2,1-2H3,(H,17,21)(H,18,19). The minimum absolute atomic E-state index is 0.00592. The van der Waals surface area contributed by atoms with E-state index in [1.165, 1.54) is 19.3 Å². The molecule has 1 unspecified atom stereocenters. The molecule has 1 fully saturated rings. The number of aliphatic hydroxyl groups is 1. The third-order valence-corrected chi connectivity index (χ3v) is 4.42. The molecule has 1 amide bonds. The molecule has 0 aliphatic heterocycles. The number of carbonyl (C=O) groups is 1. The SMILES string of the molecule is COCC(C)(CCO)NC(=O)c1cc(C2CCCCC2)[nH]n1. The van der Waals surface area contributed by atoms with E-state index in [2.05, 4.69) is 15.5 Å². The van der Waals surface area contributed by atoms with Gasteiger partial charge in [-0.25, -0.2) is 0 Å². The molecular weight excluding hydrogens is 282 g/mol. The molecule has 0 saturated heterocycles. The maximum atomic E-state index is 12.4. The zero-order chi connectivity index (χ0) is 16.0. The smallest absolute Gasteiger partial charge is 0.272 e. The summed E-state index contributed by atoms with van der Waals surface area (Å²) in [5.41, 5.74) is 0.867. The van der Waals surface area contributed by atoms with E-state index in [-0.39, 0.29) is 12.5 Å². The predicted octanol–water partition coefficient (Wildman–Crippen LogP) is 1.97. The maximum Gasteiger partial charge on any atom is 0.272 e. The van der Waals surface area contributed by atoms with Gasteiger partial charge in [0, 0.05) is 25.3 Å². The summed E-state index contributed by atoms with van der Waals surface area (Å²) >= 11 is 0. The highest BCUT2D eigenvalue weighted by Gasteiger charge is 2.28. The summed E-state index contributed by atoms with van der Waals surface area (Å²) in [6.45, 7) is 2.20. The average molecular weight is 309 g/mol. The molecule has 1 aliphatic carbocycles. The highest BCUT2D eigenvalue weighted by molar-refractivity contribution is 5.92. The molecule has 22 heavy (non-hydrogen) atoms. The van der Waals surface area contributed by atoms with Crippen molar-refractivity contribution < 1.29 is 14.6 Å². The van der Waals surface area contributed by atoms with Crippen LogP contribution in [0.1, 0.15) is 67.5 Å². The first kappa shape index (κ1) is 17.0. The molecule has 1 aromatic rings. The van der Waals surface area contributed by atoms with E-state index in [1.807, 2.05) is 13.0 Å². The van der Waals surface area contributed by atoms with Crippen LogP contribution in [0.4, 0.5) is 0 Å². The predicted molar refractivity (Wildman–Crippen MR) is 83.9 cm³/mol. The Hall–Kier alpha value is -1.40. The second kappa shape index (κ2) is 7.74. The Morgan fingerprint density at radius 2 is 2.23 bits per heavy atom. The number of H-pyrrole nitrogens is 1. The summed E-state index contributed by atoms with van der Waals surface area (Å²) in [6.07, 6.45) is 6.55. The van der Waals surface area contributed by atoms with Crippen molar-refractivity contribution in [3.05, 3.63) is 17.5 Å². The minimum Gasteiger partial charge on any atom is -0.396 e. The van der Waals surface area contributed by atoms with Gasteiger partial charge in [-0.1, -0.05) is 19.3 Å². The quantitative estimate of drug-likeness (QED) is 0.718. The Morgan fingerprint density at radius 3 is 2.86 bits per heavy atom. The first-order valence-corrected chi connectivity index (χ1v) is 8.05. The summed E-state index contributed by atoms with van der Waals surface area (Å²) in [6, 6.07) is 1.86. The molecule has 0 radical (unpaired) electrons. The lowest BCUT2D eigenvalue weighted by Crippen LogP contribution is -2.50. The Bertz CT molecular complexity index is 475. The molecule has 0 aromatic carbocycles. The normalized spacial score (nSPS) is 18.9. The first-order chi connectivity index (χ1) is 10.6. The summed E-state index contributed by atoms with van der Waals surface area (Å²) in [7, 11) is 1.58. The molecule has 6 nitrogen and oxygen atoms in total. The monoisotopic (exact) mass is 309 g/mol. The molecule has 1 saturated carbocycles. The van der Waals surface area contributed by atoms with Crippen molar-refractivity contribution in [1.82, 2.24) is 15.5 Å². The van der Waals surface area contributed by atoms with Crippen molar-refractivity contribution in [3.63, 3.8) is 0 Å². The fourth-order valence-corrected chi connectivity index (χ4v) is 3.15. The van der Waals surface area contributed by atoms with Crippen LogP contribution >= 0.6 is 0 Å². The third-order valence-electron chi connectivity index (χ3n) is 4.42. The van der Waals surface area contributed by atoms with Crippen LogP contribution in [0.25, 0.3) is 0 Å². The maximum absolute atomic E-state index is 12.4. The molecule has 3 N–H and O–H groups in total. The number of rotatable bonds is 7. The number of nitrogens with zero attached hydrogens (tertiary/aromatic N) is 1. The summed E-state index contributed by atoms with van der Waals surface area (Å²) in [5, 5.41) is 19.2. The van der Waals surface area contributed by atoms with E-state index in [1.54, 1.807) is 7.11 Å². The molecule has 0 bridgehead atoms. The van der Waals surface area contributed by atoms with Gasteiger partial charge >= 0.3 is 0 Å². The number of carbonyl (C=O) groups excluding carboxylic acids is 1. The number of aromatic nitrogens is 2. The van der Waals surface area contributed by atoms with Gasteiger partial charge in [0.05, 0.1) is 12.1 Å². The molecule has 1 aromatic heterocycles. The number of hydrogen-bond acceptors (Lipinski definition) is 4. The van der Waals surface area contributed by atoms with E-state index in [0.29, 0.717) is 24.6 Å². The van der Waals surface area contributed by atoms with Crippen molar-refractivity contribution in [2.75, 3.05) is 20.3 Å². The summed E-state index contributed by atoms with van der Waals surface area (Å²) in [4.78, 5) is 12.4. The van der Waals surface area contributed by atoms with Gasteiger partial charge in [0.2, 0.25) is 0 Å². The molecule has 6 heteroatoms. The van der Waals surface area contributed by atoms with Crippen LogP contribution < -0.4 is 5.32 Å². The average Bonchev–Trinajstić information content (AvgIpc) is 2.98. The second-order valence-corrected chi connectivity index (χ2v) is 6.46. The lowest BCUT2D eigenvalue weighted by molar-refractivity contribution is 0.0721. The second-order valence-electron chi connectivity index (χ2n) is 6.46. The molecule has 1 aliphatic rings. The van der Waals surface area contributed by atoms with E-state index in [0.717, 1.165) is 18.5 Å². The van der Waals surface area contributed by atoms with Crippen LogP contribution in [0, 0.1) is 0 Å². The largest absolute Gasteiger partial charge is 0.396 e. The van der Waals surface area contributed by atoms with Gasteiger partial charge in [0.15, 0.2) is 0 Å². The zero-order valence-corrected chi connectivity index (χ0v) is 13.5. The van der Waals surface area contributed by atoms with Crippen LogP contribution in [0.2, 0.25) is 0 Å². The Balaban J connectivity index is 2.01. The number of nitrogens with one attached hydrogen (secondary N) is 2. The Labute approximate surface area is 131 Å². The van der Waals surface area contributed by atoms with E-state index in [9.17, 15) is 4.79 Å². The van der Waals surface area contributed by atoms with Crippen molar-refractivity contribution in [2.45, 2.75) is 56.9 Å². The number of amides is 1. The van der Waals surface area contributed by atoms with Gasteiger partial charge in [-0.15, -0.1) is 0 Å². The van der Waals surface area contributed by atoms with Crippen LogP contribution in [-0.4, -0.2) is 47.1 Å². The van der Waals surface area contributed by atoms with Crippen molar-refractivity contribution >= 4 is 5.91 Å². The number of methoxy groups -OCH3 is 1. The van der Waals surface area contributed by atoms with E-state index >= 15 is 0 Å². The van der Waals surface area contributed by atoms with Gasteiger partial charge in [-0.3, -0.25) is 9.89 Å². The topological polar surface area (TPSA) is 87.2 Å². The molecule has 0 spiro atoms. The van der Waals surface area contributed by atoms with Crippen LogP contribution in [-0.2, 0) is 4.74 Å². The fraction of sp³-hybridized carbons (Fsp3) is 0.750. The fourth-order valence-electron chi connectivity index (χ4n) is 3.15. The van der Waals surface area contributed by atoms with Crippen LogP contribution in [0.5, 0.6) is 0 Å². The van der Waals surface area contributed by atoms with Crippen LogP contribution in [0.15, 0.2) is 6.07 Å². The van der Waals surface area contributed by atoms with Crippen molar-refractivity contribution in [2.24, 2.45) is 0 Å². The van der Waals surface area contributed by atoms with Gasteiger partial charge in [0.25, 0.3) is 5.91 Å². The van der Waals surface area contributed by atoms with E-state index < -0.39 is 5.54 Å². The molecule has 2 rings (SSSR count). The van der Waals surface area contributed by atoms with Gasteiger partial charge < -0.3 is 15.2 Å². The number of aliphatic hydroxyl groups excluding tert-OH is 1. The van der Waals surface area contributed by atoms with Crippen LogP contribution in [0.3, 0.4) is 0 Å². The summed E-state index contributed by atoms with van der Waals surface area (Å²) < 4.78 is 5.14. The zero-order valence-electron chi connectivity index (χ0n) is 13.5. The Morgan fingerprint density at radius 1 is 1.50 bits per heavy atom. The molecule has 1 atom stereocenters. The third kappa shape index (κ3) is 4.30. The molecular formula is C16H27N3O3. The highest BCUT2D eigenvalue weighted by Crippen LogP contribution is 2.31. The lowest BCUT2D eigenvalue weighted by atomic mass is 9.87. The van der Waals surface area contributed by atoms with E-state index in [4.69, 9.17) is 9.84 Å². The number of aromatic amines is 1. The Kier molecular flexibility index (Phi) is 5.97. The minimum atomic E-state index is -0.593. The highest BCUT2D eigenvalue weighted by atomic mass is 16.5. The van der Waals surface area contributed by atoms with Crippen molar-refractivity contribution in [1.29, 1.82) is 0 Å². The first-order valence-electron chi connectivity index (χ1n) is 8.05. The van der Waals surface area contributed by atoms with Gasteiger partial charge in [-0.2, -0.15) is 5.10 Å². The summed E-state index contributed by atoms with van der Waals surface area (Å²) in [5.74, 6) is 0.261.